The molecule has 1 aliphatic rings. The molecule has 1 aromatic heterocycles. The van der Waals surface area contributed by atoms with E-state index in [0.29, 0.717) is 5.69 Å². The lowest BCUT2D eigenvalue weighted by Crippen LogP contribution is -2.06. The van der Waals surface area contributed by atoms with Crippen molar-refractivity contribution in [3.05, 3.63) is 22.5 Å². The van der Waals surface area contributed by atoms with Crippen LogP contribution in [0.1, 0.15) is 56.1 Å². The molecule has 0 N–H and O–H groups in total. The van der Waals surface area contributed by atoms with Crippen molar-refractivity contribution in [1.29, 1.82) is 5.26 Å². The predicted molar refractivity (Wildman–Crippen MR) is 76.0 cm³/mol. The molecule has 1 heterocycles. The smallest absolute Gasteiger partial charge is 0.154 e. The number of nitrogens with zero attached hydrogens (tertiary/aromatic N) is 2. The highest BCUT2D eigenvalue weighted by Gasteiger charge is 2.27. The van der Waals surface area contributed by atoms with E-state index < -0.39 is 0 Å². The molecule has 1 aliphatic carbocycles. The normalized spacial score (nSPS) is 14.6. The van der Waals surface area contributed by atoms with E-state index in [1.807, 2.05) is 11.8 Å². The Morgan fingerprint density at radius 3 is 2.28 bits per heavy atom. The van der Waals surface area contributed by atoms with Crippen LogP contribution in [0.4, 0.5) is 0 Å². The molecule has 1 saturated carbocycles. The van der Waals surface area contributed by atoms with E-state index in [1.165, 1.54) is 24.0 Å². The average Bonchev–Trinajstić information content (AvgIpc) is 3.21. The minimum atomic E-state index is 0.651. The molecule has 2 nitrogen and oxygen atoms in total. The van der Waals surface area contributed by atoms with Crippen LogP contribution in [-0.4, -0.2) is 10.2 Å². The second kappa shape index (κ2) is 5.75. The molecule has 0 aromatic carbocycles. The van der Waals surface area contributed by atoms with Gasteiger partial charge in [0.25, 0.3) is 0 Å². The second-order valence-electron chi connectivity index (χ2n) is 4.68. The van der Waals surface area contributed by atoms with E-state index in [9.17, 15) is 5.26 Å². The van der Waals surface area contributed by atoms with E-state index in [2.05, 4.69) is 31.8 Å². The third-order valence-electron chi connectivity index (χ3n) is 3.41. The maximum Gasteiger partial charge on any atom is 0.154 e. The fourth-order valence-corrected chi connectivity index (χ4v) is 3.66. The molecule has 0 spiro atoms. The fraction of sp³-hybridized carbons (Fsp3) is 0.600. The number of hydrogen-bond acceptors (Lipinski definition) is 3. The molecule has 0 aliphatic heterocycles. The summed E-state index contributed by atoms with van der Waals surface area (Å²) in [6.45, 7) is 6.49. The molecule has 0 bridgehead atoms. The molecule has 0 saturated heterocycles. The van der Waals surface area contributed by atoms with E-state index in [-0.39, 0.29) is 0 Å². The number of pyridine rings is 1. The van der Waals surface area contributed by atoms with Crippen LogP contribution in [0.2, 0.25) is 0 Å². The summed E-state index contributed by atoms with van der Waals surface area (Å²) in [6.07, 6.45) is 5.51. The quantitative estimate of drug-likeness (QED) is 0.805. The summed E-state index contributed by atoms with van der Waals surface area (Å²) in [5, 5.41) is 10.1. The zero-order valence-corrected chi connectivity index (χ0v) is 12.2. The average molecular weight is 260 g/mol. The predicted octanol–water partition coefficient (Wildman–Crippen LogP) is 3.89. The highest BCUT2D eigenvalue weighted by Crippen LogP contribution is 2.42. The number of aromatic nitrogens is 1. The van der Waals surface area contributed by atoms with Crippen LogP contribution < -0.4 is 0 Å². The third kappa shape index (κ3) is 2.54. The molecular formula is C15H20N2S. The fourth-order valence-electron chi connectivity index (χ4n) is 2.35. The Morgan fingerprint density at radius 2 is 1.83 bits per heavy atom. The van der Waals surface area contributed by atoms with Gasteiger partial charge in [0, 0.05) is 15.8 Å². The summed E-state index contributed by atoms with van der Waals surface area (Å²) in [7, 11) is 0. The Balaban J connectivity index is 2.56. The van der Waals surface area contributed by atoms with E-state index in [4.69, 9.17) is 0 Å². The number of aryl methyl sites for hydroxylation is 1. The van der Waals surface area contributed by atoms with Crippen molar-refractivity contribution < 1.29 is 0 Å². The molecule has 0 amide bonds. The first-order valence-corrected chi connectivity index (χ1v) is 7.74. The largest absolute Gasteiger partial charge is 0.241 e. The van der Waals surface area contributed by atoms with Gasteiger partial charge in [-0.05, 0) is 43.2 Å². The summed E-state index contributed by atoms with van der Waals surface area (Å²) >= 11 is 1.88. The van der Waals surface area contributed by atoms with Crippen molar-refractivity contribution in [3.63, 3.8) is 0 Å². The van der Waals surface area contributed by atoms with E-state index >= 15 is 0 Å². The van der Waals surface area contributed by atoms with Crippen molar-refractivity contribution >= 4 is 11.8 Å². The Labute approximate surface area is 114 Å². The Kier molecular flexibility index (Phi) is 4.29. The van der Waals surface area contributed by atoms with Gasteiger partial charge in [-0.2, -0.15) is 5.26 Å². The van der Waals surface area contributed by atoms with Crippen LogP contribution in [-0.2, 0) is 19.3 Å². The summed E-state index contributed by atoms with van der Waals surface area (Å²) in [6, 6.07) is 2.30. The van der Waals surface area contributed by atoms with Gasteiger partial charge < -0.3 is 0 Å². The van der Waals surface area contributed by atoms with Crippen molar-refractivity contribution in [2.45, 2.75) is 63.0 Å². The van der Waals surface area contributed by atoms with Gasteiger partial charge in [-0.1, -0.05) is 20.8 Å². The van der Waals surface area contributed by atoms with Gasteiger partial charge in [0.15, 0.2) is 5.69 Å². The van der Waals surface area contributed by atoms with Crippen LogP contribution in [0.3, 0.4) is 0 Å². The maximum atomic E-state index is 9.33. The van der Waals surface area contributed by atoms with Gasteiger partial charge in [-0.25, -0.2) is 4.98 Å². The van der Waals surface area contributed by atoms with Gasteiger partial charge in [0.2, 0.25) is 0 Å². The zero-order chi connectivity index (χ0) is 13.1. The van der Waals surface area contributed by atoms with Crippen LogP contribution in [0.5, 0.6) is 0 Å². The molecule has 1 aromatic rings. The molecule has 0 unspecified atom stereocenters. The topological polar surface area (TPSA) is 36.7 Å². The van der Waals surface area contributed by atoms with Gasteiger partial charge >= 0.3 is 0 Å². The van der Waals surface area contributed by atoms with E-state index in [1.54, 1.807) is 0 Å². The molecule has 0 radical (unpaired) electrons. The standard InChI is InChI=1S/C15H20N2S/c1-4-11-12(5-2)15(18-10-7-8-10)14(9-16)17-13(11)6-3/h10H,4-8H2,1-3H3. The minimum absolute atomic E-state index is 0.651. The lowest BCUT2D eigenvalue weighted by molar-refractivity contribution is 0.885. The second-order valence-corrected chi connectivity index (χ2v) is 5.99. The number of thioether (sulfide) groups is 1. The molecule has 96 valence electrons. The SMILES string of the molecule is CCc1nc(C#N)c(SC2CC2)c(CC)c1CC. The van der Waals surface area contributed by atoms with Crippen molar-refractivity contribution in [1.82, 2.24) is 4.98 Å². The maximum absolute atomic E-state index is 9.33. The zero-order valence-electron chi connectivity index (χ0n) is 11.4. The van der Waals surface area contributed by atoms with Crippen molar-refractivity contribution in [2.75, 3.05) is 0 Å². The van der Waals surface area contributed by atoms with Gasteiger partial charge in [-0.3, -0.25) is 0 Å². The number of nitriles is 1. The summed E-state index contributed by atoms with van der Waals surface area (Å²) < 4.78 is 0. The highest BCUT2D eigenvalue weighted by atomic mass is 32.2. The monoisotopic (exact) mass is 260 g/mol. The first-order valence-electron chi connectivity index (χ1n) is 6.86. The number of hydrogen-bond donors (Lipinski definition) is 0. The molecule has 18 heavy (non-hydrogen) atoms. The lowest BCUT2D eigenvalue weighted by atomic mass is 9.99. The van der Waals surface area contributed by atoms with E-state index in [0.717, 1.165) is 35.1 Å². The van der Waals surface area contributed by atoms with Crippen molar-refractivity contribution in [3.8, 4) is 6.07 Å². The van der Waals surface area contributed by atoms with Gasteiger partial charge in [0.1, 0.15) is 6.07 Å². The molecule has 3 heteroatoms. The van der Waals surface area contributed by atoms with Crippen LogP contribution in [0, 0.1) is 11.3 Å². The Hall–Kier alpha value is -1.01. The summed E-state index contributed by atoms with van der Waals surface area (Å²) in [5.41, 5.74) is 4.52. The molecule has 2 rings (SSSR count). The Morgan fingerprint density at radius 1 is 1.17 bits per heavy atom. The highest BCUT2D eigenvalue weighted by molar-refractivity contribution is 8.00. The summed E-state index contributed by atoms with van der Waals surface area (Å²) in [4.78, 5) is 5.75. The van der Waals surface area contributed by atoms with Gasteiger partial charge in [0.05, 0.1) is 0 Å². The van der Waals surface area contributed by atoms with Crippen molar-refractivity contribution in [2.24, 2.45) is 0 Å². The molecular weight excluding hydrogens is 240 g/mol. The number of rotatable bonds is 5. The van der Waals surface area contributed by atoms with Gasteiger partial charge in [-0.15, -0.1) is 11.8 Å². The third-order valence-corrected chi connectivity index (χ3v) is 4.89. The van der Waals surface area contributed by atoms with Crippen LogP contribution in [0.15, 0.2) is 4.90 Å². The van der Waals surface area contributed by atoms with Crippen LogP contribution in [0.25, 0.3) is 0 Å². The lowest BCUT2D eigenvalue weighted by Gasteiger charge is -2.16. The first kappa shape index (κ1) is 13.4. The Bertz CT molecular complexity index is 484. The first-order chi connectivity index (χ1) is 8.74. The summed E-state index contributed by atoms with van der Waals surface area (Å²) in [5.74, 6) is 0. The minimum Gasteiger partial charge on any atom is -0.241 e. The van der Waals surface area contributed by atoms with Crippen LogP contribution >= 0.6 is 11.8 Å². The molecule has 1 fully saturated rings. The molecule has 0 atom stereocenters.